The molecule has 2 aromatic rings. The van der Waals surface area contributed by atoms with Crippen LogP contribution in [0.1, 0.15) is 64.8 Å². The molecule has 0 radical (unpaired) electrons. The van der Waals surface area contributed by atoms with Crippen LogP contribution in [0.4, 0.5) is 0 Å². The number of hydrogen-bond donors (Lipinski definition) is 1. The Hall–Kier alpha value is -2.48. The minimum Gasteiger partial charge on any atom is -0.342 e. The summed E-state index contributed by atoms with van der Waals surface area (Å²) in [4.78, 5) is 50.3. The Morgan fingerprint density at radius 3 is 2.73 bits per heavy atom. The van der Waals surface area contributed by atoms with Gasteiger partial charge in [0.05, 0.1) is 22.7 Å². The highest BCUT2D eigenvalue weighted by Gasteiger charge is 2.34. The predicted octanol–water partition coefficient (Wildman–Crippen LogP) is 2.54. The summed E-state index contributed by atoms with van der Waals surface area (Å²) in [6, 6.07) is 3.67. The lowest BCUT2D eigenvalue weighted by Crippen LogP contribution is -2.45. The number of nitrogens with zero attached hydrogens (tertiary/aromatic N) is 3. The predicted molar refractivity (Wildman–Crippen MR) is 114 cm³/mol. The molecule has 30 heavy (non-hydrogen) atoms. The number of aromatic nitrogens is 2. The molecule has 4 heterocycles. The topological polar surface area (TPSA) is 86.4 Å². The maximum absolute atomic E-state index is 12.8. The first kappa shape index (κ1) is 19.5. The Labute approximate surface area is 179 Å². The zero-order chi connectivity index (χ0) is 20.7. The van der Waals surface area contributed by atoms with E-state index in [0.717, 1.165) is 44.3 Å². The van der Waals surface area contributed by atoms with Gasteiger partial charge in [-0.05, 0) is 37.1 Å². The van der Waals surface area contributed by atoms with E-state index in [2.05, 4.69) is 4.98 Å². The van der Waals surface area contributed by atoms with Gasteiger partial charge in [0.15, 0.2) is 0 Å². The van der Waals surface area contributed by atoms with Crippen molar-refractivity contribution in [1.82, 2.24) is 19.8 Å². The SMILES string of the molecule is O=C(c1cccs1)N1CCc2nc([C@H]3CCCN(C(=O)C4CCC4)C3)[nH]c(=O)c2C1. The molecule has 8 heteroatoms. The molecular weight excluding hydrogens is 400 g/mol. The lowest BCUT2D eigenvalue weighted by atomic mass is 9.83. The molecule has 1 aliphatic carbocycles. The van der Waals surface area contributed by atoms with Crippen molar-refractivity contribution in [3.05, 3.63) is 49.8 Å². The molecular formula is C22H26N4O3S. The number of likely N-dealkylation sites (tertiary alicyclic amines) is 1. The lowest BCUT2D eigenvalue weighted by Gasteiger charge is -2.37. The third-order valence-electron chi connectivity index (χ3n) is 6.68. The molecule has 2 fully saturated rings. The standard InChI is InChI=1S/C22H26N4O3S/c27-20-16-13-26(22(29)18-7-3-11-30-18)10-8-17(16)23-19(24-20)15-6-2-9-25(12-15)21(28)14-4-1-5-14/h3,7,11,14-15H,1-2,4-6,8-10,12-13H2,(H,23,24,27)/t15-/m0/s1. The minimum atomic E-state index is -0.152. The molecule has 0 unspecified atom stereocenters. The average molecular weight is 427 g/mol. The van der Waals surface area contributed by atoms with Crippen molar-refractivity contribution in [2.75, 3.05) is 19.6 Å². The van der Waals surface area contributed by atoms with E-state index in [1.54, 1.807) is 4.90 Å². The maximum Gasteiger partial charge on any atom is 0.264 e. The van der Waals surface area contributed by atoms with E-state index in [0.29, 0.717) is 42.3 Å². The number of carbonyl (C=O) groups is 2. The van der Waals surface area contributed by atoms with Gasteiger partial charge in [0, 0.05) is 37.9 Å². The lowest BCUT2D eigenvalue weighted by molar-refractivity contribution is -0.139. The largest absolute Gasteiger partial charge is 0.342 e. The van der Waals surface area contributed by atoms with E-state index in [1.165, 1.54) is 11.3 Å². The molecule has 7 nitrogen and oxygen atoms in total. The van der Waals surface area contributed by atoms with Gasteiger partial charge < -0.3 is 14.8 Å². The summed E-state index contributed by atoms with van der Waals surface area (Å²) in [5.41, 5.74) is 1.24. The summed E-state index contributed by atoms with van der Waals surface area (Å²) >= 11 is 1.42. The van der Waals surface area contributed by atoms with E-state index in [1.807, 2.05) is 22.4 Å². The van der Waals surface area contributed by atoms with Gasteiger partial charge >= 0.3 is 0 Å². The number of fused-ring (bicyclic) bond motifs is 1. The van der Waals surface area contributed by atoms with E-state index in [4.69, 9.17) is 4.98 Å². The van der Waals surface area contributed by atoms with Crippen molar-refractivity contribution < 1.29 is 9.59 Å². The molecule has 0 aromatic carbocycles. The fourth-order valence-electron chi connectivity index (χ4n) is 4.68. The molecule has 0 spiro atoms. The van der Waals surface area contributed by atoms with Gasteiger partial charge in [-0.2, -0.15) is 0 Å². The van der Waals surface area contributed by atoms with Gasteiger partial charge in [-0.3, -0.25) is 14.4 Å². The Morgan fingerprint density at radius 1 is 1.13 bits per heavy atom. The summed E-state index contributed by atoms with van der Waals surface area (Å²) in [7, 11) is 0. The zero-order valence-corrected chi connectivity index (χ0v) is 17.7. The second-order valence-corrected chi connectivity index (χ2v) is 9.53. The highest BCUT2D eigenvalue weighted by molar-refractivity contribution is 7.12. The van der Waals surface area contributed by atoms with Crippen LogP contribution < -0.4 is 5.56 Å². The normalized spacial score (nSPS) is 21.8. The molecule has 1 N–H and O–H groups in total. The van der Waals surface area contributed by atoms with Gasteiger partial charge in [0.2, 0.25) is 5.91 Å². The monoisotopic (exact) mass is 426 g/mol. The van der Waals surface area contributed by atoms with Crippen LogP contribution in [-0.4, -0.2) is 51.2 Å². The molecule has 2 aromatic heterocycles. The summed E-state index contributed by atoms with van der Waals surface area (Å²) in [6.45, 7) is 2.31. The van der Waals surface area contributed by atoms with Gasteiger partial charge in [-0.15, -0.1) is 11.3 Å². The van der Waals surface area contributed by atoms with Crippen molar-refractivity contribution in [3.63, 3.8) is 0 Å². The number of aromatic amines is 1. The maximum atomic E-state index is 12.8. The van der Waals surface area contributed by atoms with Crippen LogP contribution in [0.15, 0.2) is 22.3 Å². The number of nitrogens with one attached hydrogen (secondary N) is 1. The molecule has 1 saturated carbocycles. The molecule has 3 aliphatic rings. The molecule has 158 valence electrons. The molecule has 2 amide bonds. The van der Waals surface area contributed by atoms with Crippen molar-refractivity contribution in [2.24, 2.45) is 5.92 Å². The first-order valence-corrected chi connectivity index (χ1v) is 11.7. The van der Waals surface area contributed by atoms with Crippen LogP contribution in [0.3, 0.4) is 0 Å². The Balaban J connectivity index is 1.33. The van der Waals surface area contributed by atoms with Gasteiger partial charge in [-0.25, -0.2) is 4.98 Å². The quantitative estimate of drug-likeness (QED) is 0.817. The smallest absolute Gasteiger partial charge is 0.264 e. The van der Waals surface area contributed by atoms with Crippen LogP contribution in [0.2, 0.25) is 0 Å². The van der Waals surface area contributed by atoms with Gasteiger partial charge in [0.1, 0.15) is 5.82 Å². The highest BCUT2D eigenvalue weighted by Crippen LogP contribution is 2.32. The second-order valence-electron chi connectivity index (χ2n) is 8.58. The molecule has 1 saturated heterocycles. The van der Waals surface area contributed by atoms with Crippen molar-refractivity contribution in [1.29, 1.82) is 0 Å². The highest BCUT2D eigenvalue weighted by atomic mass is 32.1. The molecule has 5 rings (SSSR count). The third-order valence-corrected chi connectivity index (χ3v) is 7.54. The first-order chi connectivity index (χ1) is 14.6. The van der Waals surface area contributed by atoms with Gasteiger partial charge in [0.25, 0.3) is 11.5 Å². The van der Waals surface area contributed by atoms with E-state index < -0.39 is 0 Å². The third kappa shape index (κ3) is 3.57. The van der Waals surface area contributed by atoms with E-state index >= 15 is 0 Å². The van der Waals surface area contributed by atoms with Crippen LogP contribution >= 0.6 is 11.3 Å². The Bertz CT molecular complexity index is 1010. The number of thiophene rings is 1. The number of H-pyrrole nitrogens is 1. The zero-order valence-electron chi connectivity index (χ0n) is 16.9. The number of carbonyl (C=O) groups excluding carboxylic acids is 2. The van der Waals surface area contributed by atoms with Crippen LogP contribution in [0.5, 0.6) is 0 Å². The summed E-state index contributed by atoms with van der Waals surface area (Å²) in [6.07, 6.45) is 5.62. The number of amides is 2. The van der Waals surface area contributed by atoms with Gasteiger partial charge in [-0.1, -0.05) is 12.5 Å². The fraction of sp³-hybridized carbons (Fsp3) is 0.545. The van der Waals surface area contributed by atoms with Crippen molar-refractivity contribution in [2.45, 2.75) is 51.0 Å². The second kappa shape index (κ2) is 7.98. The van der Waals surface area contributed by atoms with E-state index in [9.17, 15) is 14.4 Å². The molecule has 2 aliphatic heterocycles. The number of hydrogen-bond acceptors (Lipinski definition) is 5. The Morgan fingerprint density at radius 2 is 2.00 bits per heavy atom. The summed E-state index contributed by atoms with van der Waals surface area (Å²) in [5.74, 6) is 1.21. The average Bonchev–Trinajstić information content (AvgIpc) is 3.26. The van der Waals surface area contributed by atoms with Crippen LogP contribution in [-0.2, 0) is 17.8 Å². The first-order valence-electron chi connectivity index (χ1n) is 10.8. The summed E-state index contributed by atoms with van der Waals surface area (Å²) in [5, 5.41) is 1.88. The van der Waals surface area contributed by atoms with Crippen molar-refractivity contribution >= 4 is 23.2 Å². The summed E-state index contributed by atoms with van der Waals surface area (Å²) < 4.78 is 0. The molecule has 1 atom stereocenters. The molecule has 0 bridgehead atoms. The fourth-order valence-corrected chi connectivity index (χ4v) is 5.37. The van der Waals surface area contributed by atoms with Crippen molar-refractivity contribution in [3.8, 4) is 0 Å². The number of rotatable bonds is 3. The Kier molecular flexibility index (Phi) is 5.18. The van der Waals surface area contributed by atoms with Crippen LogP contribution in [0.25, 0.3) is 0 Å². The number of piperidine rings is 1. The van der Waals surface area contributed by atoms with E-state index in [-0.39, 0.29) is 29.2 Å². The van der Waals surface area contributed by atoms with Crippen LogP contribution in [0, 0.1) is 5.92 Å². The minimum absolute atomic E-state index is 0.0310.